The van der Waals surface area contributed by atoms with Gasteiger partial charge in [0, 0.05) is 37.1 Å². The van der Waals surface area contributed by atoms with Crippen LogP contribution in [0.5, 0.6) is 0 Å². The van der Waals surface area contributed by atoms with Crippen LogP contribution in [0.3, 0.4) is 0 Å². The van der Waals surface area contributed by atoms with Crippen LogP contribution in [0.2, 0.25) is 0 Å². The zero-order chi connectivity index (χ0) is 12.4. The van der Waals surface area contributed by atoms with Crippen molar-refractivity contribution in [2.75, 3.05) is 5.32 Å². The van der Waals surface area contributed by atoms with Gasteiger partial charge in [0.1, 0.15) is 0 Å². The van der Waals surface area contributed by atoms with E-state index in [2.05, 4.69) is 70.8 Å². The van der Waals surface area contributed by atoms with Crippen LogP contribution in [0.4, 0.5) is 5.69 Å². The zero-order valence-corrected chi connectivity index (χ0v) is 10.4. The molecule has 0 radical (unpaired) electrons. The van der Waals surface area contributed by atoms with Crippen LogP contribution in [0.25, 0.3) is 10.8 Å². The zero-order valence-electron chi connectivity index (χ0n) is 10.4. The molecule has 0 aliphatic carbocycles. The standard InChI is InChI=1S/C16H16N2/c1-18-10-9-13(12-18)11-17-16-8-4-6-14-5-2-3-7-15(14)16/h2-10,12,17H,11H2,1H3. The largest absolute Gasteiger partial charge is 0.380 e. The molecule has 1 aromatic heterocycles. The predicted molar refractivity (Wildman–Crippen MR) is 76.7 cm³/mol. The molecule has 2 heteroatoms. The van der Waals surface area contributed by atoms with Crippen LogP contribution in [0.15, 0.2) is 60.9 Å². The molecule has 0 amide bonds. The highest BCUT2D eigenvalue weighted by atomic mass is 14.9. The Morgan fingerprint density at radius 1 is 1.00 bits per heavy atom. The molecule has 0 spiro atoms. The van der Waals surface area contributed by atoms with Crippen molar-refractivity contribution in [3.63, 3.8) is 0 Å². The molecule has 0 aliphatic heterocycles. The van der Waals surface area contributed by atoms with Crippen molar-refractivity contribution in [2.45, 2.75) is 6.54 Å². The Kier molecular flexibility index (Phi) is 2.77. The molecule has 0 aliphatic rings. The minimum Gasteiger partial charge on any atom is -0.380 e. The predicted octanol–water partition coefficient (Wildman–Crippen LogP) is 3.79. The van der Waals surface area contributed by atoms with Gasteiger partial charge in [-0.2, -0.15) is 0 Å². The van der Waals surface area contributed by atoms with Gasteiger partial charge in [-0.3, -0.25) is 0 Å². The highest BCUT2D eigenvalue weighted by Crippen LogP contribution is 2.23. The van der Waals surface area contributed by atoms with Gasteiger partial charge >= 0.3 is 0 Å². The maximum atomic E-state index is 3.50. The number of fused-ring (bicyclic) bond motifs is 1. The Hall–Kier alpha value is -2.22. The Morgan fingerprint density at radius 2 is 1.83 bits per heavy atom. The molecule has 2 aromatic carbocycles. The Bertz CT molecular complexity index is 662. The summed E-state index contributed by atoms with van der Waals surface area (Å²) in [4.78, 5) is 0. The van der Waals surface area contributed by atoms with Crippen LogP contribution in [-0.4, -0.2) is 4.57 Å². The fourth-order valence-electron chi connectivity index (χ4n) is 2.24. The van der Waals surface area contributed by atoms with Crippen LogP contribution < -0.4 is 5.32 Å². The molecule has 18 heavy (non-hydrogen) atoms. The van der Waals surface area contributed by atoms with Gasteiger partial charge < -0.3 is 9.88 Å². The number of hydrogen-bond acceptors (Lipinski definition) is 1. The lowest BCUT2D eigenvalue weighted by atomic mass is 10.1. The highest BCUT2D eigenvalue weighted by Gasteiger charge is 2.00. The lowest BCUT2D eigenvalue weighted by Crippen LogP contribution is -1.98. The lowest BCUT2D eigenvalue weighted by molar-refractivity contribution is 0.920. The van der Waals surface area contributed by atoms with Crippen LogP contribution >= 0.6 is 0 Å². The Labute approximate surface area is 107 Å². The van der Waals surface area contributed by atoms with Gasteiger partial charge in [0.2, 0.25) is 0 Å². The first-order valence-electron chi connectivity index (χ1n) is 6.15. The van der Waals surface area contributed by atoms with Crippen LogP contribution in [0, 0.1) is 0 Å². The summed E-state index contributed by atoms with van der Waals surface area (Å²) in [5.74, 6) is 0. The summed E-state index contributed by atoms with van der Waals surface area (Å²) in [7, 11) is 2.04. The molecule has 1 N–H and O–H groups in total. The van der Waals surface area contributed by atoms with Gasteiger partial charge in [0.05, 0.1) is 0 Å². The van der Waals surface area contributed by atoms with Gasteiger partial charge in [0.15, 0.2) is 0 Å². The third-order valence-corrected chi connectivity index (χ3v) is 3.17. The number of aromatic nitrogens is 1. The van der Waals surface area contributed by atoms with Crippen molar-refractivity contribution < 1.29 is 0 Å². The first kappa shape index (κ1) is 10.9. The van der Waals surface area contributed by atoms with Crippen LogP contribution in [0.1, 0.15) is 5.56 Å². The minimum atomic E-state index is 0.856. The average molecular weight is 236 g/mol. The molecule has 90 valence electrons. The molecule has 0 bridgehead atoms. The van der Waals surface area contributed by atoms with E-state index in [1.807, 2.05) is 7.05 Å². The molecule has 0 unspecified atom stereocenters. The third-order valence-electron chi connectivity index (χ3n) is 3.17. The van der Waals surface area contributed by atoms with E-state index in [1.54, 1.807) is 0 Å². The minimum absolute atomic E-state index is 0.856. The number of aryl methyl sites for hydroxylation is 1. The Morgan fingerprint density at radius 3 is 2.67 bits per heavy atom. The highest BCUT2D eigenvalue weighted by molar-refractivity contribution is 5.93. The van der Waals surface area contributed by atoms with Gasteiger partial charge in [-0.1, -0.05) is 36.4 Å². The van der Waals surface area contributed by atoms with E-state index in [0.717, 1.165) is 6.54 Å². The monoisotopic (exact) mass is 236 g/mol. The van der Waals surface area contributed by atoms with E-state index < -0.39 is 0 Å². The quantitative estimate of drug-likeness (QED) is 0.732. The summed E-state index contributed by atoms with van der Waals surface area (Å²) in [6.07, 6.45) is 4.21. The fraction of sp³-hybridized carbons (Fsp3) is 0.125. The molecule has 3 aromatic rings. The van der Waals surface area contributed by atoms with Crippen molar-refractivity contribution in [3.05, 3.63) is 66.5 Å². The summed E-state index contributed by atoms with van der Waals surface area (Å²) in [5.41, 5.74) is 2.49. The van der Waals surface area contributed by atoms with Gasteiger partial charge in [-0.05, 0) is 23.1 Å². The van der Waals surface area contributed by atoms with Crippen LogP contribution in [-0.2, 0) is 13.6 Å². The van der Waals surface area contributed by atoms with Crippen molar-refractivity contribution >= 4 is 16.5 Å². The summed E-state index contributed by atoms with van der Waals surface area (Å²) in [6, 6.07) is 17.0. The van der Waals surface area contributed by atoms with E-state index in [9.17, 15) is 0 Å². The lowest BCUT2D eigenvalue weighted by Gasteiger charge is -2.08. The van der Waals surface area contributed by atoms with E-state index >= 15 is 0 Å². The van der Waals surface area contributed by atoms with Crippen molar-refractivity contribution in [1.82, 2.24) is 4.57 Å². The third kappa shape index (κ3) is 2.09. The van der Waals surface area contributed by atoms with E-state index in [4.69, 9.17) is 0 Å². The van der Waals surface area contributed by atoms with Gasteiger partial charge in [-0.25, -0.2) is 0 Å². The SMILES string of the molecule is Cn1ccc(CNc2cccc3ccccc23)c1. The van der Waals surface area contributed by atoms with Gasteiger partial charge in [-0.15, -0.1) is 0 Å². The van der Waals surface area contributed by atoms with Crippen molar-refractivity contribution in [2.24, 2.45) is 7.05 Å². The Balaban J connectivity index is 1.86. The number of anilines is 1. The smallest absolute Gasteiger partial charge is 0.0422 e. The number of nitrogens with one attached hydrogen (secondary N) is 1. The first-order chi connectivity index (χ1) is 8.83. The van der Waals surface area contributed by atoms with Gasteiger partial charge in [0.25, 0.3) is 0 Å². The van der Waals surface area contributed by atoms with Crippen molar-refractivity contribution in [1.29, 1.82) is 0 Å². The summed E-state index contributed by atoms with van der Waals surface area (Å²) >= 11 is 0. The summed E-state index contributed by atoms with van der Waals surface area (Å²) in [6.45, 7) is 0.856. The molecule has 3 rings (SSSR count). The number of nitrogens with zero attached hydrogens (tertiary/aromatic N) is 1. The molecule has 1 heterocycles. The first-order valence-corrected chi connectivity index (χ1v) is 6.15. The fourth-order valence-corrected chi connectivity index (χ4v) is 2.24. The number of rotatable bonds is 3. The molecular weight excluding hydrogens is 220 g/mol. The second-order valence-corrected chi connectivity index (χ2v) is 4.57. The molecule has 0 fully saturated rings. The molecule has 2 nitrogen and oxygen atoms in total. The molecule has 0 saturated carbocycles. The topological polar surface area (TPSA) is 17.0 Å². The number of hydrogen-bond donors (Lipinski definition) is 1. The maximum Gasteiger partial charge on any atom is 0.0422 e. The summed E-state index contributed by atoms with van der Waals surface area (Å²) in [5, 5.41) is 6.05. The average Bonchev–Trinajstić information content (AvgIpc) is 2.82. The van der Waals surface area contributed by atoms with Crippen molar-refractivity contribution in [3.8, 4) is 0 Å². The molecule has 0 atom stereocenters. The number of benzene rings is 2. The van der Waals surface area contributed by atoms with E-state index in [-0.39, 0.29) is 0 Å². The second kappa shape index (κ2) is 4.57. The van der Waals surface area contributed by atoms with E-state index in [0.29, 0.717) is 0 Å². The summed E-state index contributed by atoms with van der Waals surface area (Å²) < 4.78 is 2.07. The maximum absolute atomic E-state index is 3.50. The molecule has 0 saturated heterocycles. The normalized spacial score (nSPS) is 10.7. The molecular formula is C16H16N2. The van der Waals surface area contributed by atoms with E-state index in [1.165, 1.54) is 22.0 Å². The second-order valence-electron chi connectivity index (χ2n) is 4.57.